The molecule has 200 valence electrons. The van der Waals surface area contributed by atoms with Crippen molar-refractivity contribution in [2.24, 2.45) is 5.92 Å². The van der Waals surface area contributed by atoms with E-state index >= 15 is 0 Å². The van der Waals surface area contributed by atoms with Gasteiger partial charge in [0.2, 0.25) is 12.7 Å². The van der Waals surface area contributed by atoms with Crippen LogP contribution >= 0.6 is 0 Å². The number of anilines is 1. The largest absolute Gasteiger partial charge is 0.481 e. The first-order chi connectivity index (χ1) is 18.1. The number of rotatable bonds is 6. The molecule has 0 radical (unpaired) electrons. The van der Waals surface area contributed by atoms with E-state index in [1.54, 1.807) is 37.4 Å². The number of carbonyl (C=O) groups is 2. The van der Waals surface area contributed by atoms with Crippen molar-refractivity contribution in [3.8, 4) is 23.1 Å². The summed E-state index contributed by atoms with van der Waals surface area (Å²) >= 11 is 0. The first-order valence-corrected chi connectivity index (χ1v) is 11.9. The standard InChI is InChI=1S/C26H24F3N3O6/c1-31(17-7-10-20-21(12-17)37-14-36-20)24(33)16-3-2-4-18(11-16)32-23(13-22(30-32)26(27,28)29)38-19-8-5-15(6-9-19)25(34)35/h2-4,7,10-13,15,19H,5-6,8-9,14H2,1H3,(H,34,35)/t15-,19+. The third-order valence-corrected chi connectivity index (χ3v) is 6.66. The summed E-state index contributed by atoms with van der Waals surface area (Å²) in [5.74, 6) is -0.839. The third kappa shape index (κ3) is 5.11. The lowest BCUT2D eigenvalue weighted by Crippen LogP contribution is -2.28. The number of nitrogens with zero attached hydrogens (tertiary/aromatic N) is 3. The minimum absolute atomic E-state index is 0.0910. The highest BCUT2D eigenvalue weighted by Crippen LogP contribution is 2.37. The predicted octanol–water partition coefficient (Wildman–Crippen LogP) is 4.92. The lowest BCUT2D eigenvalue weighted by atomic mass is 9.87. The number of alkyl halides is 3. The molecule has 0 saturated heterocycles. The highest BCUT2D eigenvalue weighted by atomic mass is 19.4. The molecular formula is C26H24F3N3O6. The molecule has 5 rings (SSSR count). The van der Waals surface area contributed by atoms with Crippen LogP contribution in [0.2, 0.25) is 0 Å². The van der Waals surface area contributed by atoms with Gasteiger partial charge in [-0.05, 0) is 56.0 Å². The molecule has 0 atom stereocenters. The number of carboxylic acid groups (broad SMARTS) is 1. The summed E-state index contributed by atoms with van der Waals surface area (Å²) in [6.45, 7) is 0.0910. The van der Waals surface area contributed by atoms with Crippen LogP contribution in [0.1, 0.15) is 41.7 Å². The smallest absolute Gasteiger partial charge is 0.435 e. The van der Waals surface area contributed by atoms with Gasteiger partial charge in [-0.25, -0.2) is 4.68 Å². The molecule has 1 amide bonds. The average Bonchev–Trinajstić information content (AvgIpc) is 3.55. The quantitative estimate of drug-likeness (QED) is 0.482. The van der Waals surface area contributed by atoms with Crippen LogP contribution in [0.3, 0.4) is 0 Å². The molecule has 1 aliphatic heterocycles. The third-order valence-electron chi connectivity index (χ3n) is 6.66. The molecule has 0 unspecified atom stereocenters. The van der Waals surface area contributed by atoms with Crippen LogP contribution in [-0.2, 0) is 11.0 Å². The number of hydrogen-bond acceptors (Lipinski definition) is 6. The number of carbonyl (C=O) groups excluding carboxylic acids is 1. The van der Waals surface area contributed by atoms with Gasteiger partial charge >= 0.3 is 12.1 Å². The van der Waals surface area contributed by atoms with Crippen LogP contribution in [0.15, 0.2) is 48.5 Å². The molecule has 1 aliphatic carbocycles. The van der Waals surface area contributed by atoms with Gasteiger partial charge in [-0.15, -0.1) is 0 Å². The Morgan fingerprint density at radius 3 is 2.50 bits per heavy atom. The van der Waals surface area contributed by atoms with Crippen LogP contribution in [0.25, 0.3) is 5.69 Å². The lowest BCUT2D eigenvalue weighted by molar-refractivity contribution is -0.143. The molecule has 3 aromatic rings. The zero-order valence-electron chi connectivity index (χ0n) is 20.3. The molecule has 1 N–H and O–H groups in total. The van der Waals surface area contributed by atoms with Crippen molar-refractivity contribution in [2.75, 3.05) is 18.7 Å². The van der Waals surface area contributed by atoms with Crippen molar-refractivity contribution in [1.82, 2.24) is 9.78 Å². The van der Waals surface area contributed by atoms with Gasteiger partial charge < -0.3 is 24.2 Å². The Balaban J connectivity index is 1.41. The molecule has 9 nitrogen and oxygen atoms in total. The van der Waals surface area contributed by atoms with E-state index < -0.39 is 35.8 Å². The summed E-state index contributed by atoms with van der Waals surface area (Å²) in [5, 5.41) is 12.9. The molecule has 1 fully saturated rings. The summed E-state index contributed by atoms with van der Waals surface area (Å²) in [5.41, 5.74) is -0.163. The number of amides is 1. The highest BCUT2D eigenvalue weighted by molar-refractivity contribution is 6.06. The van der Waals surface area contributed by atoms with E-state index in [2.05, 4.69) is 5.10 Å². The Morgan fingerprint density at radius 2 is 1.79 bits per heavy atom. The van der Waals surface area contributed by atoms with E-state index in [0.717, 1.165) is 10.7 Å². The fourth-order valence-electron chi connectivity index (χ4n) is 4.55. The van der Waals surface area contributed by atoms with Crippen LogP contribution in [0.4, 0.5) is 18.9 Å². The Kier molecular flexibility index (Phi) is 6.64. The summed E-state index contributed by atoms with van der Waals surface area (Å²) in [7, 11) is 1.57. The molecule has 2 aromatic carbocycles. The number of hydrogen-bond donors (Lipinski definition) is 1. The second kappa shape index (κ2) is 9.92. The van der Waals surface area contributed by atoms with Crippen molar-refractivity contribution in [3.63, 3.8) is 0 Å². The van der Waals surface area contributed by atoms with Crippen LogP contribution < -0.4 is 19.1 Å². The van der Waals surface area contributed by atoms with Gasteiger partial charge in [0, 0.05) is 30.4 Å². The normalized spacial score (nSPS) is 18.7. The van der Waals surface area contributed by atoms with Crippen molar-refractivity contribution in [1.29, 1.82) is 0 Å². The van der Waals surface area contributed by atoms with Gasteiger partial charge in [-0.1, -0.05) is 6.07 Å². The Bertz CT molecular complexity index is 1360. The van der Waals surface area contributed by atoms with E-state index in [-0.39, 0.29) is 23.9 Å². The zero-order chi connectivity index (χ0) is 27.0. The molecule has 2 heterocycles. The maximum atomic E-state index is 13.5. The van der Waals surface area contributed by atoms with Crippen molar-refractivity contribution in [3.05, 3.63) is 59.8 Å². The van der Waals surface area contributed by atoms with Gasteiger partial charge in [0.15, 0.2) is 17.2 Å². The summed E-state index contributed by atoms with van der Waals surface area (Å²) in [6, 6.07) is 11.9. The summed E-state index contributed by atoms with van der Waals surface area (Å²) in [4.78, 5) is 25.9. The predicted molar refractivity (Wildman–Crippen MR) is 128 cm³/mol. The van der Waals surface area contributed by atoms with Gasteiger partial charge in [-0.3, -0.25) is 9.59 Å². The van der Waals surface area contributed by atoms with Gasteiger partial charge in [0.25, 0.3) is 5.91 Å². The number of fused-ring (bicyclic) bond motifs is 1. The molecule has 0 bridgehead atoms. The SMILES string of the molecule is CN(C(=O)c1cccc(-n2nc(C(F)(F)F)cc2O[C@H]2CC[C@@H](C(=O)O)CC2)c1)c1ccc2c(c1)OCO2. The molecular weight excluding hydrogens is 507 g/mol. The zero-order valence-corrected chi connectivity index (χ0v) is 20.3. The second-order valence-corrected chi connectivity index (χ2v) is 9.16. The van der Waals surface area contributed by atoms with E-state index in [0.29, 0.717) is 42.9 Å². The summed E-state index contributed by atoms with van der Waals surface area (Å²) < 4.78 is 58.2. The maximum absolute atomic E-state index is 13.5. The number of carboxylic acids is 1. The van der Waals surface area contributed by atoms with Gasteiger partial charge in [0.1, 0.15) is 6.10 Å². The molecule has 2 aliphatic rings. The highest BCUT2D eigenvalue weighted by Gasteiger charge is 2.36. The second-order valence-electron chi connectivity index (χ2n) is 9.16. The fraction of sp³-hybridized carbons (Fsp3) is 0.346. The fourth-order valence-corrected chi connectivity index (χ4v) is 4.55. The van der Waals surface area contributed by atoms with E-state index in [9.17, 15) is 27.9 Å². The van der Waals surface area contributed by atoms with Crippen LogP contribution in [0.5, 0.6) is 17.4 Å². The van der Waals surface area contributed by atoms with Crippen LogP contribution in [0, 0.1) is 5.92 Å². The van der Waals surface area contributed by atoms with Crippen LogP contribution in [-0.4, -0.2) is 46.7 Å². The lowest BCUT2D eigenvalue weighted by Gasteiger charge is -2.26. The number of aliphatic carboxylic acids is 1. The van der Waals surface area contributed by atoms with E-state index in [1.165, 1.54) is 17.0 Å². The molecule has 0 spiro atoms. The molecule has 1 aromatic heterocycles. The molecule has 38 heavy (non-hydrogen) atoms. The summed E-state index contributed by atoms with van der Waals surface area (Å²) in [6.07, 6.45) is -3.64. The van der Waals surface area contributed by atoms with E-state index in [1.807, 2.05) is 0 Å². The van der Waals surface area contributed by atoms with Crippen molar-refractivity contribution in [2.45, 2.75) is 38.0 Å². The first-order valence-electron chi connectivity index (χ1n) is 11.9. The Morgan fingerprint density at radius 1 is 1.05 bits per heavy atom. The minimum atomic E-state index is -4.71. The number of benzene rings is 2. The number of ether oxygens (including phenoxy) is 3. The van der Waals surface area contributed by atoms with Gasteiger partial charge in [0.05, 0.1) is 11.6 Å². The number of aromatic nitrogens is 2. The minimum Gasteiger partial charge on any atom is -0.481 e. The maximum Gasteiger partial charge on any atom is 0.435 e. The monoisotopic (exact) mass is 531 g/mol. The average molecular weight is 531 g/mol. The Hall–Kier alpha value is -4.22. The molecule has 12 heteroatoms. The van der Waals surface area contributed by atoms with Crippen molar-refractivity contribution < 1.29 is 42.1 Å². The van der Waals surface area contributed by atoms with Crippen molar-refractivity contribution >= 4 is 17.6 Å². The first kappa shape index (κ1) is 25.4. The molecule has 1 saturated carbocycles. The van der Waals surface area contributed by atoms with Gasteiger partial charge in [-0.2, -0.15) is 18.3 Å². The number of halogens is 3. The Labute approximate surface area is 215 Å². The van der Waals surface area contributed by atoms with E-state index in [4.69, 9.17) is 14.2 Å². The topological polar surface area (TPSA) is 103 Å².